The number of hydrogen-bond acceptors (Lipinski definition) is 3. The summed E-state index contributed by atoms with van der Waals surface area (Å²) in [6, 6.07) is 19.9. The summed E-state index contributed by atoms with van der Waals surface area (Å²) in [5.41, 5.74) is 2.63. The van der Waals surface area contributed by atoms with E-state index in [2.05, 4.69) is 76.7 Å². The summed E-state index contributed by atoms with van der Waals surface area (Å²) in [6.07, 6.45) is 5.86. The second kappa shape index (κ2) is 7.88. The lowest BCUT2D eigenvalue weighted by atomic mass is 10.0. The highest BCUT2D eigenvalue weighted by Gasteiger charge is 2.12. The molecule has 2 aromatic carbocycles. The van der Waals surface area contributed by atoms with E-state index in [1.807, 2.05) is 6.20 Å². The number of piperidine rings is 1. The number of nitrogens with zero attached hydrogens (tertiary/aromatic N) is 2. The average molecular weight is 345 g/mol. The van der Waals surface area contributed by atoms with Crippen molar-refractivity contribution in [3.8, 4) is 0 Å². The molecule has 0 spiro atoms. The highest BCUT2D eigenvalue weighted by Crippen LogP contribution is 2.22. The number of hydrogen-bond donors (Lipinski definition) is 1. The number of rotatable bonds is 5. The van der Waals surface area contributed by atoms with E-state index in [1.54, 1.807) is 0 Å². The lowest BCUT2D eigenvalue weighted by molar-refractivity contribution is 0.567. The molecule has 3 heteroatoms. The molecule has 1 aliphatic heterocycles. The van der Waals surface area contributed by atoms with E-state index in [0.29, 0.717) is 6.04 Å². The molecule has 0 amide bonds. The molecule has 3 nitrogen and oxygen atoms in total. The monoisotopic (exact) mass is 345 g/mol. The van der Waals surface area contributed by atoms with Crippen molar-refractivity contribution >= 4 is 16.6 Å². The predicted octanol–water partition coefficient (Wildman–Crippen LogP) is 5.08. The van der Waals surface area contributed by atoms with Gasteiger partial charge >= 0.3 is 0 Å². The van der Waals surface area contributed by atoms with Gasteiger partial charge in [-0.25, -0.2) is 4.98 Å². The van der Waals surface area contributed by atoms with E-state index in [4.69, 9.17) is 0 Å². The number of aromatic nitrogens is 1. The smallest absolute Gasteiger partial charge is 0.128 e. The van der Waals surface area contributed by atoms with Crippen molar-refractivity contribution in [1.82, 2.24) is 10.3 Å². The first-order valence-corrected chi connectivity index (χ1v) is 9.71. The highest BCUT2D eigenvalue weighted by molar-refractivity contribution is 5.83. The highest BCUT2D eigenvalue weighted by atomic mass is 15.2. The van der Waals surface area contributed by atoms with Gasteiger partial charge in [0.05, 0.1) is 0 Å². The quantitative estimate of drug-likeness (QED) is 0.699. The molecule has 0 radical (unpaired) electrons. The Bertz CT molecular complexity index is 868. The molecule has 26 heavy (non-hydrogen) atoms. The maximum absolute atomic E-state index is 4.58. The molecule has 0 bridgehead atoms. The summed E-state index contributed by atoms with van der Waals surface area (Å²) in [5, 5.41) is 6.26. The maximum Gasteiger partial charge on any atom is 0.128 e. The molecule has 1 aliphatic rings. The van der Waals surface area contributed by atoms with Crippen LogP contribution in [-0.2, 0) is 6.54 Å². The molecule has 1 fully saturated rings. The SMILES string of the molecule is C[C@H](NCc1ccnc(N2CCCCC2)c1)c1ccc2ccccc2c1. The van der Waals surface area contributed by atoms with E-state index in [1.165, 1.54) is 41.2 Å². The Morgan fingerprint density at radius 3 is 2.62 bits per heavy atom. The van der Waals surface area contributed by atoms with Crippen molar-refractivity contribution in [2.24, 2.45) is 0 Å². The van der Waals surface area contributed by atoms with Crippen molar-refractivity contribution in [1.29, 1.82) is 0 Å². The molecule has 2 heterocycles. The maximum atomic E-state index is 4.58. The van der Waals surface area contributed by atoms with Gasteiger partial charge in [0.15, 0.2) is 0 Å². The standard InChI is InChI=1S/C23H27N3/c1-18(21-10-9-20-7-3-4-8-22(20)16-21)25-17-19-11-12-24-23(15-19)26-13-5-2-6-14-26/h3-4,7-12,15-16,18,25H,2,5-6,13-14,17H2,1H3/t18-/m0/s1. The van der Waals surface area contributed by atoms with Crippen LogP contribution in [0.5, 0.6) is 0 Å². The van der Waals surface area contributed by atoms with Crippen LogP contribution in [0.3, 0.4) is 0 Å². The Kier molecular flexibility index (Phi) is 5.16. The molecule has 1 aromatic heterocycles. The molecule has 0 unspecified atom stereocenters. The summed E-state index contributed by atoms with van der Waals surface area (Å²) in [6.45, 7) is 5.36. The third-order valence-electron chi connectivity index (χ3n) is 5.38. The molecule has 3 aromatic rings. The summed E-state index contributed by atoms with van der Waals surface area (Å²) in [4.78, 5) is 7.00. The van der Waals surface area contributed by atoms with Gasteiger partial charge < -0.3 is 10.2 Å². The van der Waals surface area contributed by atoms with E-state index < -0.39 is 0 Å². The molecule has 0 aliphatic carbocycles. The van der Waals surface area contributed by atoms with E-state index in [9.17, 15) is 0 Å². The van der Waals surface area contributed by atoms with Crippen molar-refractivity contribution in [2.45, 2.75) is 38.8 Å². The van der Waals surface area contributed by atoms with Crippen LogP contribution in [0.25, 0.3) is 10.8 Å². The molecule has 134 valence electrons. The minimum Gasteiger partial charge on any atom is -0.357 e. The second-order valence-electron chi connectivity index (χ2n) is 7.28. The first kappa shape index (κ1) is 17.0. The van der Waals surface area contributed by atoms with Gasteiger partial charge in [0.2, 0.25) is 0 Å². The van der Waals surface area contributed by atoms with E-state index in [-0.39, 0.29) is 0 Å². The van der Waals surface area contributed by atoms with Crippen LogP contribution in [-0.4, -0.2) is 18.1 Å². The molecule has 1 atom stereocenters. The average Bonchev–Trinajstić information content (AvgIpc) is 2.72. The fourth-order valence-corrected chi connectivity index (χ4v) is 3.73. The Hall–Kier alpha value is -2.39. The van der Waals surface area contributed by atoms with Crippen LogP contribution in [0, 0.1) is 0 Å². The predicted molar refractivity (Wildman–Crippen MR) is 110 cm³/mol. The van der Waals surface area contributed by atoms with Gasteiger partial charge in [-0.3, -0.25) is 0 Å². The summed E-state index contributed by atoms with van der Waals surface area (Å²) in [7, 11) is 0. The van der Waals surface area contributed by atoms with Crippen molar-refractivity contribution in [3.63, 3.8) is 0 Å². The van der Waals surface area contributed by atoms with Crippen LogP contribution in [0.4, 0.5) is 5.82 Å². The Balaban J connectivity index is 1.42. The van der Waals surface area contributed by atoms with Gasteiger partial charge in [-0.2, -0.15) is 0 Å². The van der Waals surface area contributed by atoms with Gasteiger partial charge in [0.1, 0.15) is 5.82 Å². The zero-order valence-electron chi connectivity index (χ0n) is 15.5. The summed E-state index contributed by atoms with van der Waals surface area (Å²) < 4.78 is 0. The minimum absolute atomic E-state index is 0.311. The van der Waals surface area contributed by atoms with Gasteiger partial charge in [-0.15, -0.1) is 0 Å². The zero-order chi connectivity index (χ0) is 17.8. The summed E-state index contributed by atoms with van der Waals surface area (Å²) in [5.74, 6) is 1.13. The lowest BCUT2D eigenvalue weighted by Gasteiger charge is -2.28. The van der Waals surface area contributed by atoms with Crippen molar-refractivity contribution in [2.75, 3.05) is 18.0 Å². The molecule has 0 saturated carbocycles. The van der Waals surface area contributed by atoms with Crippen LogP contribution >= 0.6 is 0 Å². The molecule has 4 rings (SSSR count). The normalized spacial score (nSPS) is 16.0. The fraction of sp³-hybridized carbons (Fsp3) is 0.348. The van der Waals surface area contributed by atoms with Gasteiger partial charge in [-0.1, -0.05) is 36.4 Å². The molecule has 1 N–H and O–H groups in total. The lowest BCUT2D eigenvalue weighted by Crippen LogP contribution is -2.30. The van der Waals surface area contributed by atoms with Gasteiger partial charge in [0, 0.05) is 31.9 Å². The van der Waals surface area contributed by atoms with E-state index in [0.717, 1.165) is 25.5 Å². The van der Waals surface area contributed by atoms with Gasteiger partial charge in [0.25, 0.3) is 0 Å². The van der Waals surface area contributed by atoms with Crippen LogP contribution in [0.1, 0.15) is 43.4 Å². The molecular weight excluding hydrogens is 318 g/mol. The number of nitrogens with one attached hydrogen (secondary N) is 1. The largest absolute Gasteiger partial charge is 0.357 e. The Morgan fingerprint density at radius 2 is 1.77 bits per heavy atom. The number of pyridine rings is 1. The van der Waals surface area contributed by atoms with Crippen molar-refractivity contribution in [3.05, 3.63) is 71.9 Å². The van der Waals surface area contributed by atoms with Crippen molar-refractivity contribution < 1.29 is 0 Å². The molecular formula is C23H27N3. The number of benzene rings is 2. The zero-order valence-corrected chi connectivity index (χ0v) is 15.5. The first-order valence-electron chi connectivity index (χ1n) is 9.71. The minimum atomic E-state index is 0.311. The first-order chi connectivity index (χ1) is 12.8. The van der Waals surface area contributed by atoms with Crippen LogP contribution in [0.2, 0.25) is 0 Å². The second-order valence-corrected chi connectivity index (χ2v) is 7.28. The number of anilines is 1. The molecule has 1 saturated heterocycles. The Morgan fingerprint density at radius 1 is 0.962 bits per heavy atom. The van der Waals surface area contributed by atoms with Gasteiger partial charge in [-0.05, 0) is 66.3 Å². The van der Waals surface area contributed by atoms with E-state index >= 15 is 0 Å². The van der Waals surface area contributed by atoms with Crippen LogP contribution < -0.4 is 10.2 Å². The third kappa shape index (κ3) is 3.88. The van der Waals surface area contributed by atoms with Crippen LogP contribution in [0.15, 0.2) is 60.8 Å². The number of fused-ring (bicyclic) bond motifs is 1. The summed E-state index contributed by atoms with van der Waals surface area (Å²) >= 11 is 0. The fourth-order valence-electron chi connectivity index (χ4n) is 3.73. The topological polar surface area (TPSA) is 28.2 Å². The third-order valence-corrected chi connectivity index (χ3v) is 5.38. The Labute approximate surface area is 156 Å².